The van der Waals surface area contributed by atoms with E-state index in [-0.39, 0.29) is 11.6 Å². The van der Waals surface area contributed by atoms with Crippen molar-refractivity contribution < 1.29 is 13.6 Å². The Morgan fingerprint density at radius 2 is 1.81 bits per heavy atom. The minimum absolute atomic E-state index is 0.00349. The van der Waals surface area contributed by atoms with Crippen molar-refractivity contribution in [3.8, 4) is 0 Å². The number of hydrogen-bond acceptors (Lipinski definition) is 3. The van der Waals surface area contributed by atoms with Gasteiger partial charge in [0.05, 0.1) is 0 Å². The molecule has 1 amide bonds. The van der Waals surface area contributed by atoms with Crippen molar-refractivity contribution in [3.63, 3.8) is 0 Å². The molecule has 1 aromatic rings. The van der Waals surface area contributed by atoms with Crippen molar-refractivity contribution >= 4 is 11.6 Å². The number of carbonyl (C=O) groups is 1. The first-order valence-electron chi connectivity index (χ1n) is 7.29. The molecule has 6 heteroatoms. The molecule has 1 aliphatic rings. The number of anilines is 1. The van der Waals surface area contributed by atoms with Gasteiger partial charge >= 0.3 is 0 Å². The Labute approximate surface area is 123 Å². The minimum Gasteiger partial charge on any atom is -0.349 e. The lowest BCUT2D eigenvalue weighted by molar-refractivity contribution is 0.0918. The average molecular weight is 297 g/mol. The first-order chi connectivity index (χ1) is 10.0. The molecular weight excluding hydrogens is 276 g/mol. The van der Waals surface area contributed by atoms with Crippen LogP contribution in [-0.4, -0.2) is 11.9 Å². The van der Waals surface area contributed by atoms with Crippen LogP contribution in [0.25, 0.3) is 0 Å². The fourth-order valence-electron chi connectivity index (χ4n) is 2.88. The number of benzene rings is 1. The molecule has 1 saturated carbocycles. The summed E-state index contributed by atoms with van der Waals surface area (Å²) < 4.78 is 27.2. The summed E-state index contributed by atoms with van der Waals surface area (Å²) in [4.78, 5) is 12.1. The van der Waals surface area contributed by atoms with E-state index in [1.807, 2.05) is 12.3 Å². The van der Waals surface area contributed by atoms with Crippen LogP contribution in [0, 0.1) is 17.6 Å². The molecule has 0 heterocycles. The van der Waals surface area contributed by atoms with Crippen LogP contribution in [0.3, 0.4) is 0 Å². The lowest BCUT2D eigenvalue weighted by Gasteiger charge is -2.28. The standard InChI is InChI=1S/C15H21F2N3O/c1-9(10-5-3-2-4-6-10)19-15(21)11-7-12(16)14(20-18)13(17)8-11/h7-10,20H,2-6,18H2,1H3,(H,19,21). The fraction of sp³-hybridized carbons (Fsp3) is 0.533. The van der Waals surface area contributed by atoms with Crippen molar-refractivity contribution in [2.75, 3.05) is 5.43 Å². The van der Waals surface area contributed by atoms with Gasteiger partial charge in [0, 0.05) is 11.6 Å². The molecular formula is C15H21F2N3O. The van der Waals surface area contributed by atoms with Gasteiger partial charge < -0.3 is 10.7 Å². The number of hydrazine groups is 1. The number of amides is 1. The van der Waals surface area contributed by atoms with E-state index in [1.165, 1.54) is 19.3 Å². The largest absolute Gasteiger partial charge is 0.349 e. The summed E-state index contributed by atoms with van der Waals surface area (Å²) in [7, 11) is 0. The Hall–Kier alpha value is -1.69. The molecule has 0 aromatic heterocycles. The molecule has 21 heavy (non-hydrogen) atoms. The summed E-state index contributed by atoms with van der Waals surface area (Å²) in [6.45, 7) is 1.94. The number of nitrogen functional groups attached to an aromatic ring is 1. The summed E-state index contributed by atoms with van der Waals surface area (Å²) in [6.07, 6.45) is 5.75. The normalized spacial score (nSPS) is 17.3. The Bertz CT molecular complexity index is 493. The first kappa shape index (κ1) is 15.7. The second-order valence-corrected chi connectivity index (χ2v) is 5.62. The van der Waals surface area contributed by atoms with E-state index in [0.29, 0.717) is 5.92 Å². The maximum Gasteiger partial charge on any atom is 0.251 e. The summed E-state index contributed by atoms with van der Waals surface area (Å²) in [6, 6.07) is 1.97. The van der Waals surface area contributed by atoms with Crippen molar-refractivity contribution in [1.29, 1.82) is 0 Å². The predicted octanol–water partition coefficient (Wildman–Crippen LogP) is 2.95. The highest BCUT2D eigenvalue weighted by Gasteiger charge is 2.22. The first-order valence-corrected chi connectivity index (χ1v) is 7.29. The molecule has 0 saturated heterocycles. The van der Waals surface area contributed by atoms with E-state index in [1.54, 1.807) is 0 Å². The zero-order chi connectivity index (χ0) is 15.4. The molecule has 1 fully saturated rings. The van der Waals surface area contributed by atoms with Gasteiger partial charge in [-0.1, -0.05) is 19.3 Å². The van der Waals surface area contributed by atoms with Crippen LogP contribution < -0.4 is 16.6 Å². The SMILES string of the molecule is CC(NC(=O)c1cc(F)c(NN)c(F)c1)C1CCCCC1. The van der Waals surface area contributed by atoms with Crippen molar-refractivity contribution in [3.05, 3.63) is 29.3 Å². The van der Waals surface area contributed by atoms with Gasteiger partial charge in [-0.05, 0) is 37.8 Å². The second-order valence-electron chi connectivity index (χ2n) is 5.62. The van der Waals surface area contributed by atoms with E-state index in [0.717, 1.165) is 25.0 Å². The van der Waals surface area contributed by atoms with Crippen molar-refractivity contribution in [2.24, 2.45) is 11.8 Å². The van der Waals surface area contributed by atoms with Crippen LogP contribution in [0.5, 0.6) is 0 Å². The molecule has 1 aromatic carbocycles. The molecule has 4 nitrogen and oxygen atoms in total. The molecule has 0 spiro atoms. The Morgan fingerprint density at radius 3 is 2.33 bits per heavy atom. The highest BCUT2D eigenvalue weighted by atomic mass is 19.1. The molecule has 1 aliphatic carbocycles. The van der Waals surface area contributed by atoms with Crippen molar-refractivity contribution in [2.45, 2.75) is 45.1 Å². The van der Waals surface area contributed by atoms with Gasteiger partial charge in [-0.15, -0.1) is 0 Å². The van der Waals surface area contributed by atoms with E-state index < -0.39 is 23.2 Å². The number of hydrogen-bond donors (Lipinski definition) is 3. The van der Waals surface area contributed by atoms with Crippen molar-refractivity contribution in [1.82, 2.24) is 5.32 Å². The molecule has 1 atom stereocenters. The number of carbonyl (C=O) groups excluding carboxylic acids is 1. The minimum atomic E-state index is -0.882. The van der Waals surface area contributed by atoms with Gasteiger partial charge in [0.15, 0.2) is 11.6 Å². The molecule has 0 bridgehead atoms. The van der Waals surface area contributed by atoms with E-state index >= 15 is 0 Å². The van der Waals surface area contributed by atoms with Crippen LogP contribution in [0.1, 0.15) is 49.4 Å². The third-order valence-corrected chi connectivity index (χ3v) is 4.16. The van der Waals surface area contributed by atoms with E-state index in [9.17, 15) is 13.6 Å². The topological polar surface area (TPSA) is 67.2 Å². The maximum atomic E-state index is 13.6. The van der Waals surface area contributed by atoms with E-state index in [4.69, 9.17) is 5.84 Å². The highest BCUT2D eigenvalue weighted by molar-refractivity contribution is 5.94. The number of halogens is 2. The lowest BCUT2D eigenvalue weighted by atomic mass is 9.84. The quantitative estimate of drug-likeness (QED) is 0.591. The zero-order valence-electron chi connectivity index (χ0n) is 12.1. The van der Waals surface area contributed by atoms with Crippen LogP contribution in [0.4, 0.5) is 14.5 Å². The third-order valence-electron chi connectivity index (χ3n) is 4.16. The molecule has 116 valence electrons. The number of rotatable bonds is 4. The van der Waals surface area contributed by atoms with Gasteiger partial charge in [-0.25, -0.2) is 8.78 Å². The fourth-order valence-corrected chi connectivity index (χ4v) is 2.88. The van der Waals surface area contributed by atoms with Crippen LogP contribution >= 0.6 is 0 Å². The Kier molecular flexibility index (Phi) is 5.12. The summed E-state index contributed by atoms with van der Waals surface area (Å²) in [5, 5.41) is 2.83. The Morgan fingerprint density at radius 1 is 1.24 bits per heavy atom. The van der Waals surface area contributed by atoms with Gasteiger partial charge in [-0.3, -0.25) is 10.6 Å². The van der Waals surface area contributed by atoms with E-state index in [2.05, 4.69) is 5.32 Å². The van der Waals surface area contributed by atoms with Crippen LogP contribution in [0.15, 0.2) is 12.1 Å². The molecule has 4 N–H and O–H groups in total. The smallest absolute Gasteiger partial charge is 0.251 e. The molecule has 2 rings (SSSR count). The summed E-state index contributed by atoms with van der Waals surface area (Å²) >= 11 is 0. The van der Waals surface area contributed by atoms with Gasteiger partial charge in [0.1, 0.15) is 5.69 Å². The molecule has 0 radical (unpaired) electrons. The monoisotopic (exact) mass is 297 g/mol. The van der Waals surface area contributed by atoms with Crippen LogP contribution in [0.2, 0.25) is 0 Å². The maximum absolute atomic E-state index is 13.6. The number of nitrogens with one attached hydrogen (secondary N) is 2. The van der Waals surface area contributed by atoms with Gasteiger partial charge in [0.25, 0.3) is 5.91 Å². The van der Waals surface area contributed by atoms with Gasteiger partial charge in [-0.2, -0.15) is 0 Å². The molecule has 1 unspecified atom stereocenters. The van der Waals surface area contributed by atoms with Crippen LogP contribution in [-0.2, 0) is 0 Å². The summed E-state index contributed by atoms with van der Waals surface area (Å²) in [5.41, 5.74) is 1.47. The lowest BCUT2D eigenvalue weighted by Crippen LogP contribution is -2.39. The third kappa shape index (κ3) is 3.69. The Balaban J connectivity index is 2.06. The van der Waals surface area contributed by atoms with Gasteiger partial charge in [0.2, 0.25) is 0 Å². The number of nitrogens with two attached hydrogens (primary N) is 1. The zero-order valence-corrected chi connectivity index (χ0v) is 12.1. The summed E-state index contributed by atoms with van der Waals surface area (Å²) in [5.74, 6) is 3.23. The highest BCUT2D eigenvalue weighted by Crippen LogP contribution is 2.26. The second kappa shape index (κ2) is 6.85. The average Bonchev–Trinajstić information content (AvgIpc) is 2.47. The molecule has 0 aliphatic heterocycles. The predicted molar refractivity (Wildman–Crippen MR) is 77.7 cm³/mol.